The van der Waals surface area contributed by atoms with Gasteiger partial charge in [0.1, 0.15) is 5.75 Å². The van der Waals surface area contributed by atoms with Gasteiger partial charge in [0.25, 0.3) is 0 Å². The van der Waals surface area contributed by atoms with Crippen molar-refractivity contribution >= 4 is 26.7 Å². The van der Waals surface area contributed by atoms with Crippen LogP contribution in [0.5, 0.6) is 5.75 Å². The van der Waals surface area contributed by atoms with Crippen LogP contribution in [-0.2, 0) is 6.42 Å². The highest BCUT2D eigenvalue weighted by atomic mass is 79.9. The molecule has 1 heterocycles. The molecule has 0 unspecified atom stereocenters. The SMILES string of the molecule is Brc1ccc2c3c(ccc2c1)OCC3. The Morgan fingerprint density at radius 2 is 2.07 bits per heavy atom. The topological polar surface area (TPSA) is 9.23 Å². The summed E-state index contributed by atoms with van der Waals surface area (Å²) < 4.78 is 6.65. The number of fused-ring (bicyclic) bond motifs is 3. The second kappa shape index (κ2) is 2.99. The van der Waals surface area contributed by atoms with Crippen molar-refractivity contribution in [2.45, 2.75) is 6.42 Å². The first-order valence-electron chi connectivity index (χ1n) is 4.68. The van der Waals surface area contributed by atoms with Gasteiger partial charge >= 0.3 is 0 Å². The van der Waals surface area contributed by atoms with E-state index in [9.17, 15) is 0 Å². The van der Waals surface area contributed by atoms with Gasteiger partial charge in [-0.05, 0) is 29.0 Å². The molecule has 0 aromatic heterocycles. The minimum atomic E-state index is 0.824. The van der Waals surface area contributed by atoms with Crippen LogP contribution >= 0.6 is 15.9 Å². The van der Waals surface area contributed by atoms with E-state index in [2.05, 4.69) is 46.3 Å². The third kappa shape index (κ3) is 1.14. The average Bonchev–Trinajstić information content (AvgIpc) is 2.65. The van der Waals surface area contributed by atoms with Crippen LogP contribution in [0, 0.1) is 0 Å². The van der Waals surface area contributed by atoms with E-state index in [1.807, 2.05) is 0 Å². The van der Waals surface area contributed by atoms with Crippen LogP contribution < -0.4 is 4.74 Å². The Bertz CT molecular complexity index is 505. The maximum atomic E-state index is 5.53. The van der Waals surface area contributed by atoms with Gasteiger partial charge in [-0.25, -0.2) is 0 Å². The van der Waals surface area contributed by atoms with Gasteiger partial charge in [-0.3, -0.25) is 0 Å². The summed E-state index contributed by atoms with van der Waals surface area (Å²) in [6.07, 6.45) is 1.04. The van der Waals surface area contributed by atoms with Crippen molar-refractivity contribution < 1.29 is 4.74 Å². The Hall–Kier alpha value is -1.02. The number of hydrogen-bond acceptors (Lipinski definition) is 1. The summed E-state index contributed by atoms with van der Waals surface area (Å²) in [5, 5.41) is 2.60. The molecule has 2 aromatic carbocycles. The number of benzene rings is 2. The van der Waals surface area contributed by atoms with Crippen molar-refractivity contribution in [2.24, 2.45) is 0 Å². The van der Waals surface area contributed by atoms with Crippen LogP contribution in [0.4, 0.5) is 0 Å². The highest BCUT2D eigenvalue weighted by molar-refractivity contribution is 9.10. The predicted octanol–water partition coefficient (Wildman–Crippen LogP) is 3.54. The zero-order valence-electron chi connectivity index (χ0n) is 7.59. The summed E-state index contributed by atoms with van der Waals surface area (Å²) in [6, 6.07) is 10.6. The molecular formula is C12H9BrO. The highest BCUT2D eigenvalue weighted by Gasteiger charge is 2.14. The zero-order valence-corrected chi connectivity index (χ0v) is 9.17. The van der Waals surface area contributed by atoms with Gasteiger partial charge in [-0.1, -0.05) is 28.1 Å². The fourth-order valence-corrected chi connectivity index (χ4v) is 2.38. The summed E-state index contributed by atoms with van der Waals surface area (Å²) in [5.41, 5.74) is 1.36. The number of halogens is 1. The molecule has 0 aliphatic carbocycles. The van der Waals surface area contributed by atoms with E-state index >= 15 is 0 Å². The molecule has 0 fully saturated rings. The van der Waals surface area contributed by atoms with Crippen molar-refractivity contribution in [1.29, 1.82) is 0 Å². The molecule has 2 aromatic rings. The molecule has 0 spiro atoms. The summed E-state index contributed by atoms with van der Waals surface area (Å²) in [6.45, 7) is 0.824. The average molecular weight is 249 g/mol. The van der Waals surface area contributed by atoms with Crippen molar-refractivity contribution in [3.63, 3.8) is 0 Å². The number of ether oxygens (including phenoxy) is 1. The summed E-state index contributed by atoms with van der Waals surface area (Å²) in [5.74, 6) is 1.06. The van der Waals surface area contributed by atoms with Crippen LogP contribution in [0.25, 0.3) is 10.8 Å². The first-order chi connectivity index (χ1) is 6.84. The Morgan fingerprint density at radius 3 is 3.00 bits per heavy atom. The Kier molecular flexibility index (Phi) is 1.77. The molecule has 0 amide bonds. The second-order valence-corrected chi connectivity index (χ2v) is 4.42. The van der Waals surface area contributed by atoms with E-state index in [4.69, 9.17) is 4.74 Å². The van der Waals surface area contributed by atoms with Crippen LogP contribution in [0.15, 0.2) is 34.8 Å². The molecule has 3 rings (SSSR count). The van der Waals surface area contributed by atoms with Crippen molar-refractivity contribution in [3.05, 3.63) is 40.4 Å². The van der Waals surface area contributed by atoms with E-state index in [1.165, 1.54) is 16.3 Å². The number of rotatable bonds is 0. The van der Waals surface area contributed by atoms with Gasteiger partial charge in [-0.15, -0.1) is 0 Å². The third-order valence-electron chi connectivity index (χ3n) is 2.66. The minimum absolute atomic E-state index is 0.824. The molecule has 1 aliphatic heterocycles. The van der Waals surface area contributed by atoms with Gasteiger partial charge in [-0.2, -0.15) is 0 Å². The molecular weight excluding hydrogens is 240 g/mol. The first-order valence-corrected chi connectivity index (χ1v) is 5.48. The quantitative estimate of drug-likeness (QED) is 0.693. The standard InChI is InChI=1S/C12H9BrO/c13-9-2-3-10-8(7-9)1-4-12-11(10)5-6-14-12/h1-4,7H,5-6H2. The molecule has 0 radical (unpaired) electrons. The fraction of sp³-hybridized carbons (Fsp3) is 0.167. The monoisotopic (exact) mass is 248 g/mol. The maximum absolute atomic E-state index is 5.53. The Labute approximate surface area is 90.8 Å². The third-order valence-corrected chi connectivity index (χ3v) is 3.15. The summed E-state index contributed by atoms with van der Waals surface area (Å²) in [4.78, 5) is 0. The molecule has 2 heteroatoms. The normalized spacial score (nSPS) is 14.1. The van der Waals surface area contributed by atoms with Gasteiger partial charge in [0, 0.05) is 16.5 Å². The summed E-state index contributed by atoms with van der Waals surface area (Å²) in [7, 11) is 0. The molecule has 0 N–H and O–H groups in total. The van der Waals surface area contributed by atoms with Gasteiger partial charge in [0.2, 0.25) is 0 Å². The molecule has 1 nitrogen and oxygen atoms in total. The van der Waals surface area contributed by atoms with Crippen molar-refractivity contribution in [2.75, 3.05) is 6.61 Å². The molecule has 0 atom stereocenters. The van der Waals surface area contributed by atoms with Crippen LogP contribution in [0.1, 0.15) is 5.56 Å². The second-order valence-electron chi connectivity index (χ2n) is 3.51. The minimum Gasteiger partial charge on any atom is -0.493 e. The van der Waals surface area contributed by atoms with Gasteiger partial charge in [0.05, 0.1) is 6.61 Å². The molecule has 0 bridgehead atoms. The first kappa shape index (κ1) is 8.30. The van der Waals surface area contributed by atoms with E-state index in [1.54, 1.807) is 0 Å². The van der Waals surface area contributed by atoms with Crippen LogP contribution in [-0.4, -0.2) is 6.61 Å². The highest BCUT2D eigenvalue weighted by Crippen LogP contribution is 2.33. The molecule has 0 saturated carbocycles. The lowest BCUT2D eigenvalue weighted by Gasteiger charge is -2.03. The summed E-state index contributed by atoms with van der Waals surface area (Å²) >= 11 is 3.48. The lowest BCUT2D eigenvalue weighted by atomic mass is 10.0. The number of hydrogen-bond donors (Lipinski definition) is 0. The van der Waals surface area contributed by atoms with Crippen molar-refractivity contribution in [1.82, 2.24) is 0 Å². The van der Waals surface area contributed by atoms with E-state index < -0.39 is 0 Å². The lowest BCUT2D eigenvalue weighted by molar-refractivity contribution is 0.357. The Morgan fingerprint density at radius 1 is 1.14 bits per heavy atom. The molecule has 1 aliphatic rings. The molecule has 70 valence electrons. The maximum Gasteiger partial charge on any atom is 0.123 e. The lowest BCUT2D eigenvalue weighted by Crippen LogP contribution is -1.85. The van der Waals surface area contributed by atoms with E-state index in [-0.39, 0.29) is 0 Å². The predicted molar refractivity (Wildman–Crippen MR) is 60.8 cm³/mol. The van der Waals surface area contributed by atoms with Crippen LogP contribution in [0.3, 0.4) is 0 Å². The van der Waals surface area contributed by atoms with Crippen molar-refractivity contribution in [3.8, 4) is 5.75 Å². The van der Waals surface area contributed by atoms with Crippen LogP contribution in [0.2, 0.25) is 0 Å². The van der Waals surface area contributed by atoms with Gasteiger partial charge < -0.3 is 4.74 Å². The zero-order chi connectivity index (χ0) is 9.54. The smallest absolute Gasteiger partial charge is 0.123 e. The van der Waals surface area contributed by atoms with E-state index in [0.29, 0.717) is 0 Å². The molecule has 14 heavy (non-hydrogen) atoms. The largest absolute Gasteiger partial charge is 0.493 e. The fourth-order valence-electron chi connectivity index (χ4n) is 2.00. The van der Waals surface area contributed by atoms with E-state index in [0.717, 1.165) is 23.2 Å². The molecule has 0 saturated heterocycles. The Balaban J connectivity index is 2.39. The van der Waals surface area contributed by atoms with Gasteiger partial charge in [0.15, 0.2) is 0 Å².